The maximum Gasteiger partial charge on any atom is 0.407 e. The molecule has 0 radical (unpaired) electrons. The number of nitrogens with one attached hydrogen (secondary N) is 1. The van der Waals surface area contributed by atoms with Crippen molar-refractivity contribution in [2.24, 2.45) is 0 Å². The van der Waals surface area contributed by atoms with Crippen LogP contribution in [0.25, 0.3) is 11.3 Å². The van der Waals surface area contributed by atoms with Crippen molar-refractivity contribution in [3.8, 4) is 11.3 Å². The van der Waals surface area contributed by atoms with Crippen molar-refractivity contribution < 1.29 is 9.53 Å². The SMILES string of the molecule is CCOC(=O)NC1CCCN(Cn2nccc2-c2ccncc2)C1. The summed E-state index contributed by atoms with van der Waals surface area (Å²) in [4.78, 5) is 18.0. The van der Waals surface area contributed by atoms with Gasteiger partial charge in [-0.2, -0.15) is 5.10 Å². The lowest BCUT2D eigenvalue weighted by Crippen LogP contribution is -2.48. The zero-order chi connectivity index (χ0) is 16.8. The molecule has 1 aliphatic rings. The number of hydrogen-bond acceptors (Lipinski definition) is 5. The predicted octanol–water partition coefficient (Wildman–Crippen LogP) is 2.11. The summed E-state index contributed by atoms with van der Waals surface area (Å²) in [7, 11) is 0. The number of carbonyl (C=O) groups is 1. The molecule has 7 heteroatoms. The van der Waals surface area contributed by atoms with Crippen molar-refractivity contribution in [2.75, 3.05) is 19.7 Å². The minimum atomic E-state index is -0.332. The largest absolute Gasteiger partial charge is 0.450 e. The summed E-state index contributed by atoms with van der Waals surface area (Å²) in [6.07, 6.45) is 7.07. The van der Waals surface area contributed by atoms with Gasteiger partial charge in [0.15, 0.2) is 0 Å². The fourth-order valence-corrected chi connectivity index (χ4v) is 3.04. The summed E-state index contributed by atoms with van der Waals surface area (Å²) in [5, 5.41) is 7.38. The molecule has 2 aromatic rings. The Morgan fingerprint density at radius 2 is 2.17 bits per heavy atom. The molecular formula is C17H23N5O2. The second kappa shape index (κ2) is 7.92. The maximum atomic E-state index is 11.6. The molecule has 0 bridgehead atoms. The molecule has 1 unspecified atom stereocenters. The zero-order valence-electron chi connectivity index (χ0n) is 13.9. The maximum absolute atomic E-state index is 11.6. The van der Waals surface area contributed by atoms with Crippen molar-refractivity contribution >= 4 is 6.09 Å². The Kier molecular flexibility index (Phi) is 5.43. The van der Waals surface area contributed by atoms with Crippen LogP contribution in [0.2, 0.25) is 0 Å². The number of pyridine rings is 1. The van der Waals surface area contributed by atoms with Crippen molar-refractivity contribution in [3.05, 3.63) is 36.8 Å². The molecule has 1 amide bonds. The Balaban J connectivity index is 1.62. The Morgan fingerprint density at radius 1 is 1.33 bits per heavy atom. The van der Waals surface area contributed by atoms with Gasteiger partial charge in [0.2, 0.25) is 0 Å². The van der Waals surface area contributed by atoms with Gasteiger partial charge in [-0.3, -0.25) is 14.6 Å². The van der Waals surface area contributed by atoms with E-state index in [9.17, 15) is 4.79 Å². The predicted molar refractivity (Wildman–Crippen MR) is 90.2 cm³/mol. The molecule has 2 aromatic heterocycles. The molecule has 0 spiro atoms. The molecule has 0 aliphatic carbocycles. The van der Waals surface area contributed by atoms with Gasteiger partial charge >= 0.3 is 6.09 Å². The monoisotopic (exact) mass is 329 g/mol. The van der Waals surface area contributed by atoms with E-state index in [1.54, 1.807) is 12.4 Å². The van der Waals surface area contributed by atoms with E-state index in [0.717, 1.165) is 37.2 Å². The molecule has 1 fully saturated rings. The first-order valence-electron chi connectivity index (χ1n) is 8.34. The highest BCUT2D eigenvalue weighted by Gasteiger charge is 2.22. The third-order valence-electron chi connectivity index (χ3n) is 4.13. The second-order valence-electron chi connectivity index (χ2n) is 5.87. The first-order valence-corrected chi connectivity index (χ1v) is 8.34. The number of piperidine rings is 1. The van der Waals surface area contributed by atoms with Gasteiger partial charge in [0.25, 0.3) is 0 Å². The van der Waals surface area contributed by atoms with Crippen molar-refractivity contribution in [3.63, 3.8) is 0 Å². The average molecular weight is 329 g/mol. The summed E-state index contributed by atoms with van der Waals surface area (Å²) in [5.41, 5.74) is 2.17. The standard InChI is InChI=1S/C17H23N5O2/c1-2-24-17(23)20-15-4-3-11-21(12-15)13-22-16(7-10-19-22)14-5-8-18-9-6-14/h5-10,15H,2-4,11-13H2,1H3,(H,20,23). The molecule has 1 aliphatic heterocycles. The summed E-state index contributed by atoms with van der Waals surface area (Å²) in [5.74, 6) is 0. The highest BCUT2D eigenvalue weighted by Crippen LogP contribution is 2.19. The Morgan fingerprint density at radius 3 is 2.96 bits per heavy atom. The number of hydrogen-bond donors (Lipinski definition) is 1. The summed E-state index contributed by atoms with van der Waals surface area (Å²) in [6.45, 7) is 4.70. The van der Waals surface area contributed by atoms with E-state index in [0.29, 0.717) is 13.3 Å². The van der Waals surface area contributed by atoms with Gasteiger partial charge in [-0.15, -0.1) is 0 Å². The van der Waals surface area contributed by atoms with Gasteiger partial charge in [-0.05, 0) is 38.0 Å². The fourth-order valence-electron chi connectivity index (χ4n) is 3.04. The van der Waals surface area contributed by atoms with Crippen LogP contribution in [0.3, 0.4) is 0 Å². The van der Waals surface area contributed by atoms with Gasteiger partial charge in [-0.25, -0.2) is 4.79 Å². The zero-order valence-corrected chi connectivity index (χ0v) is 13.9. The molecular weight excluding hydrogens is 306 g/mol. The lowest BCUT2D eigenvalue weighted by molar-refractivity contribution is 0.122. The first-order chi connectivity index (χ1) is 11.8. The summed E-state index contributed by atoms with van der Waals surface area (Å²) < 4.78 is 6.96. The van der Waals surface area contributed by atoms with Crippen molar-refractivity contribution in [2.45, 2.75) is 32.5 Å². The van der Waals surface area contributed by atoms with E-state index < -0.39 is 0 Å². The van der Waals surface area contributed by atoms with Gasteiger partial charge < -0.3 is 10.1 Å². The van der Waals surface area contributed by atoms with Gasteiger partial charge in [0.05, 0.1) is 19.0 Å². The summed E-state index contributed by atoms with van der Waals surface area (Å²) in [6, 6.07) is 6.09. The molecule has 3 heterocycles. The molecule has 3 rings (SSSR count). The van der Waals surface area contributed by atoms with Crippen molar-refractivity contribution in [1.29, 1.82) is 0 Å². The number of aromatic nitrogens is 3. The van der Waals surface area contributed by atoms with Crippen LogP contribution in [-0.2, 0) is 11.4 Å². The highest BCUT2D eigenvalue weighted by atomic mass is 16.5. The van der Waals surface area contributed by atoms with Crippen LogP contribution in [0, 0.1) is 0 Å². The number of amides is 1. The normalized spacial score (nSPS) is 18.3. The molecule has 24 heavy (non-hydrogen) atoms. The molecule has 128 valence electrons. The Hall–Kier alpha value is -2.41. The van der Waals surface area contributed by atoms with Crippen LogP contribution >= 0.6 is 0 Å². The van der Waals surface area contributed by atoms with Crippen LogP contribution in [0.4, 0.5) is 4.79 Å². The molecule has 1 N–H and O–H groups in total. The van der Waals surface area contributed by atoms with Crippen LogP contribution in [0.1, 0.15) is 19.8 Å². The number of nitrogens with zero attached hydrogens (tertiary/aromatic N) is 4. The van der Waals surface area contributed by atoms with E-state index in [4.69, 9.17) is 4.74 Å². The van der Waals surface area contributed by atoms with Gasteiger partial charge in [0.1, 0.15) is 0 Å². The molecule has 1 atom stereocenters. The van der Waals surface area contributed by atoms with E-state index >= 15 is 0 Å². The fraction of sp³-hybridized carbons (Fsp3) is 0.471. The van der Waals surface area contributed by atoms with Crippen LogP contribution in [0.15, 0.2) is 36.8 Å². The number of carbonyl (C=O) groups excluding carboxylic acids is 1. The van der Waals surface area contributed by atoms with Crippen molar-refractivity contribution in [1.82, 2.24) is 25.0 Å². The Bertz CT molecular complexity index is 658. The number of likely N-dealkylation sites (tertiary alicyclic amines) is 1. The van der Waals surface area contributed by atoms with E-state index in [1.165, 1.54) is 0 Å². The van der Waals surface area contributed by atoms with Crippen LogP contribution in [0.5, 0.6) is 0 Å². The topological polar surface area (TPSA) is 72.3 Å². The van der Waals surface area contributed by atoms with E-state index in [-0.39, 0.29) is 12.1 Å². The third kappa shape index (κ3) is 4.11. The average Bonchev–Trinajstić information content (AvgIpc) is 3.04. The van der Waals surface area contributed by atoms with E-state index in [1.807, 2.05) is 36.0 Å². The number of rotatable bonds is 5. The molecule has 0 saturated carbocycles. The third-order valence-corrected chi connectivity index (χ3v) is 4.13. The lowest BCUT2D eigenvalue weighted by atomic mass is 10.1. The quantitative estimate of drug-likeness (QED) is 0.909. The Labute approximate surface area is 141 Å². The smallest absolute Gasteiger partial charge is 0.407 e. The molecule has 7 nitrogen and oxygen atoms in total. The first kappa shape index (κ1) is 16.4. The van der Waals surface area contributed by atoms with Gasteiger partial charge in [-0.1, -0.05) is 0 Å². The highest BCUT2D eigenvalue weighted by molar-refractivity contribution is 5.67. The summed E-state index contributed by atoms with van der Waals surface area (Å²) >= 11 is 0. The minimum absolute atomic E-state index is 0.123. The van der Waals surface area contributed by atoms with Gasteiger partial charge in [0, 0.05) is 43.3 Å². The number of ether oxygens (including phenoxy) is 1. The second-order valence-corrected chi connectivity index (χ2v) is 5.87. The number of alkyl carbamates (subject to hydrolysis) is 1. The molecule has 1 saturated heterocycles. The van der Waals surface area contributed by atoms with E-state index in [2.05, 4.69) is 20.3 Å². The van der Waals surface area contributed by atoms with Crippen LogP contribution < -0.4 is 5.32 Å². The molecule has 0 aromatic carbocycles. The minimum Gasteiger partial charge on any atom is -0.450 e. The van der Waals surface area contributed by atoms with Crippen LogP contribution in [-0.4, -0.2) is 51.5 Å². The lowest BCUT2D eigenvalue weighted by Gasteiger charge is -2.33.